The van der Waals surface area contributed by atoms with E-state index in [1.807, 2.05) is 0 Å². The number of hydrogen-bond acceptors (Lipinski definition) is 8. The number of rotatable bonds is 6. The van der Waals surface area contributed by atoms with Crippen LogP contribution in [0.3, 0.4) is 0 Å². The normalized spacial score (nSPS) is 32.2. The van der Waals surface area contributed by atoms with Gasteiger partial charge in [-0.05, 0) is 0 Å². The van der Waals surface area contributed by atoms with Crippen LogP contribution in [0.2, 0.25) is 0 Å². The molecule has 0 aromatic rings. The smallest absolute Gasteiger partial charge is 1.00 e. The summed E-state index contributed by atoms with van der Waals surface area (Å²) in [4.78, 5) is 33.9. The molecule has 4 atom stereocenters. The summed E-state index contributed by atoms with van der Waals surface area (Å²) in [5, 5.41) is 28.8. The molecule has 0 spiro atoms. The first-order valence-electron chi connectivity index (χ1n) is 5.00. The monoisotopic (exact) mass is 414 g/mol. The number of ether oxygens (including phenoxy) is 1. The third kappa shape index (κ3) is 8.38. The number of phosphoric ester groups is 2. The van der Waals surface area contributed by atoms with Crippen LogP contribution in [0.15, 0.2) is 0 Å². The number of halogens is 1. The van der Waals surface area contributed by atoms with Crippen LogP contribution < -0.4 is 63.8 Å². The van der Waals surface area contributed by atoms with E-state index in [1.165, 1.54) is 0 Å². The Bertz CT molecular complexity index is 439. The zero-order chi connectivity index (χ0) is 15.8. The molecule has 1 saturated heterocycles. The van der Waals surface area contributed by atoms with Crippen molar-refractivity contribution in [1.29, 1.82) is 0 Å². The first-order valence-corrected chi connectivity index (χ1v) is 8.07. The van der Waals surface area contributed by atoms with E-state index in [2.05, 4.69) is 13.8 Å². The Balaban J connectivity index is 0. The minimum absolute atomic E-state index is 0. The maximum absolute atomic E-state index is 10.5. The van der Waals surface area contributed by atoms with Crippen molar-refractivity contribution in [2.45, 2.75) is 24.1 Å². The molecule has 0 aromatic carbocycles. The van der Waals surface area contributed by atoms with Gasteiger partial charge in [0, 0.05) is 0 Å². The summed E-state index contributed by atoms with van der Waals surface area (Å²) >= 11 is 0. The Labute approximate surface area is 173 Å². The van der Waals surface area contributed by atoms with Gasteiger partial charge in [0.05, 0.1) is 6.61 Å². The van der Waals surface area contributed by atoms with Gasteiger partial charge >= 0.3 is 67.0 Å². The van der Waals surface area contributed by atoms with Crippen molar-refractivity contribution in [3.63, 3.8) is 0 Å². The largest absolute Gasteiger partial charge is 1.00 e. The van der Waals surface area contributed by atoms with E-state index >= 15 is 0 Å². The summed E-state index contributed by atoms with van der Waals surface area (Å²) < 4.78 is 33.6. The van der Waals surface area contributed by atoms with Gasteiger partial charge < -0.3 is 52.0 Å². The van der Waals surface area contributed by atoms with Crippen molar-refractivity contribution in [2.75, 3.05) is 13.2 Å². The minimum atomic E-state index is -4.96. The van der Waals surface area contributed by atoms with Crippen LogP contribution in [0.1, 0.15) is 0 Å². The van der Waals surface area contributed by atoms with Crippen LogP contribution in [0.25, 0.3) is 0 Å². The second kappa shape index (κ2) is 9.62. The molecular weight excluding hydrogens is 401 g/mol. The van der Waals surface area contributed by atoms with Crippen molar-refractivity contribution >= 4 is 15.6 Å². The Morgan fingerprint density at radius 3 is 1.91 bits per heavy atom. The Morgan fingerprint density at radius 1 is 1.05 bits per heavy atom. The topological polar surface area (TPSA) is 203 Å². The third-order valence-corrected chi connectivity index (χ3v) is 3.32. The molecule has 7 N–H and O–H groups in total. The quantitative estimate of drug-likeness (QED) is 0.160. The molecular formula is C6H14ClKO12P2. The second-order valence-corrected chi connectivity index (χ2v) is 6.47. The van der Waals surface area contributed by atoms with Crippen molar-refractivity contribution in [3.05, 3.63) is 0 Å². The zero-order valence-electron chi connectivity index (χ0n) is 11.1. The first kappa shape index (κ1) is 26.2. The van der Waals surface area contributed by atoms with Gasteiger partial charge in [-0.2, -0.15) is 0 Å². The summed E-state index contributed by atoms with van der Waals surface area (Å²) in [7, 11) is -9.82. The number of hydrogen-bond donors (Lipinski definition) is 7. The second-order valence-electron chi connectivity index (χ2n) is 3.99. The van der Waals surface area contributed by atoms with E-state index in [9.17, 15) is 24.4 Å². The molecule has 0 saturated carbocycles. The predicted octanol–water partition coefficient (Wildman–Crippen LogP) is -8.98. The molecule has 12 nitrogen and oxygen atoms in total. The predicted molar refractivity (Wildman–Crippen MR) is 57.8 cm³/mol. The number of phosphoric acid groups is 2. The first-order chi connectivity index (χ1) is 8.84. The maximum atomic E-state index is 10.5. The van der Waals surface area contributed by atoms with Gasteiger partial charge in [0.1, 0.15) is 24.9 Å². The molecule has 1 fully saturated rings. The number of aliphatic hydroxyl groups excluding tert-OH is 2. The summed E-state index contributed by atoms with van der Waals surface area (Å²) in [6, 6.07) is 0. The number of aliphatic hydroxyl groups is 3. The molecule has 128 valence electrons. The van der Waals surface area contributed by atoms with E-state index in [0.717, 1.165) is 0 Å². The summed E-state index contributed by atoms with van der Waals surface area (Å²) in [5.41, 5.74) is 0. The average molecular weight is 415 g/mol. The van der Waals surface area contributed by atoms with Gasteiger partial charge in [-0.25, -0.2) is 9.13 Å². The Hall–Kier alpha value is 1.99. The van der Waals surface area contributed by atoms with E-state index in [1.54, 1.807) is 0 Å². The van der Waals surface area contributed by atoms with Crippen molar-refractivity contribution < 1.29 is 122 Å². The molecule has 1 aliphatic rings. The van der Waals surface area contributed by atoms with E-state index < -0.39 is 53.0 Å². The van der Waals surface area contributed by atoms with Crippen LogP contribution in [-0.4, -0.2) is 72.2 Å². The van der Waals surface area contributed by atoms with E-state index in [0.29, 0.717) is 0 Å². The van der Waals surface area contributed by atoms with Gasteiger partial charge in [-0.15, -0.1) is 0 Å². The van der Waals surface area contributed by atoms with Crippen molar-refractivity contribution in [2.24, 2.45) is 0 Å². The SMILES string of the molecule is O=P(O)(O)OC[C@H]1O[C@](O)(COP(=O)(O)O)[C@@H](O)[C@@H]1O.[Cl-].[K+]. The van der Waals surface area contributed by atoms with E-state index in [4.69, 9.17) is 19.6 Å². The van der Waals surface area contributed by atoms with Gasteiger partial charge in [0.2, 0.25) is 5.79 Å². The summed E-state index contributed by atoms with van der Waals surface area (Å²) in [6.45, 7) is -2.05. The van der Waals surface area contributed by atoms with Crippen LogP contribution in [0.5, 0.6) is 0 Å². The fourth-order valence-electron chi connectivity index (χ4n) is 1.47. The molecule has 0 bridgehead atoms. The molecule has 1 rings (SSSR count). The third-order valence-electron chi connectivity index (χ3n) is 2.37. The minimum Gasteiger partial charge on any atom is -1.00 e. The molecule has 0 aromatic heterocycles. The molecule has 0 amide bonds. The van der Waals surface area contributed by atoms with Gasteiger partial charge in [-0.3, -0.25) is 9.05 Å². The van der Waals surface area contributed by atoms with Crippen LogP contribution in [0, 0.1) is 0 Å². The van der Waals surface area contributed by atoms with Crippen LogP contribution in [-0.2, 0) is 22.9 Å². The van der Waals surface area contributed by atoms with Gasteiger partial charge in [0.15, 0.2) is 0 Å². The fraction of sp³-hybridized carbons (Fsp3) is 1.00. The molecule has 0 aliphatic carbocycles. The molecule has 0 radical (unpaired) electrons. The van der Waals surface area contributed by atoms with Crippen LogP contribution in [0.4, 0.5) is 0 Å². The maximum Gasteiger partial charge on any atom is 1.00 e. The fourth-order valence-corrected chi connectivity index (χ4v) is 2.17. The van der Waals surface area contributed by atoms with E-state index in [-0.39, 0.29) is 63.8 Å². The van der Waals surface area contributed by atoms with Gasteiger partial charge in [0.25, 0.3) is 0 Å². The van der Waals surface area contributed by atoms with Crippen LogP contribution >= 0.6 is 15.6 Å². The van der Waals surface area contributed by atoms with Gasteiger partial charge in [-0.1, -0.05) is 0 Å². The Kier molecular flexibility index (Phi) is 11.5. The molecule has 1 heterocycles. The summed E-state index contributed by atoms with van der Waals surface area (Å²) in [5.74, 6) is -2.66. The molecule has 22 heavy (non-hydrogen) atoms. The zero-order valence-corrected chi connectivity index (χ0v) is 16.8. The molecule has 0 unspecified atom stereocenters. The standard InChI is InChI=1S/C6H14O12P2.ClH.K/c7-4-3(1-16-19(10,11)12)18-6(9,5(4)8)2-17-20(13,14)15;;/h3-5,7-9H,1-2H2,(H2,10,11,12)(H2,13,14,15);1H;/q;;+1/p-1/t3-,4-,5+,6-;;/m1../s1. The van der Waals surface area contributed by atoms with Crippen molar-refractivity contribution in [3.8, 4) is 0 Å². The van der Waals surface area contributed by atoms with Crippen molar-refractivity contribution in [1.82, 2.24) is 0 Å². The average Bonchev–Trinajstić information content (AvgIpc) is 2.48. The summed E-state index contributed by atoms with van der Waals surface area (Å²) in [6.07, 6.45) is -5.38. The molecule has 1 aliphatic heterocycles. The Morgan fingerprint density at radius 2 is 1.50 bits per heavy atom. The molecule has 16 heteroatoms.